The summed E-state index contributed by atoms with van der Waals surface area (Å²) < 4.78 is 54.9. The van der Waals surface area contributed by atoms with Gasteiger partial charge in [-0.1, -0.05) is 0 Å². The van der Waals surface area contributed by atoms with Gasteiger partial charge in [0.25, 0.3) is 0 Å². The predicted octanol–water partition coefficient (Wildman–Crippen LogP) is 1.38. The molecular formula is C19H23N3O6S2. The second-order valence-corrected chi connectivity index (χ2v) is 10.4. The first-order chi connectivity index (χ1) is 14.1. The maximum Gasteiger partial charge on any atom is 0.243 e. The van der Waals surface area contributed by atoms with E-state index in [4.69, 9.17) is 9.88 Å². The summed E-state index contributed by atoms with van der Waals surface area (Å²) in [6.07, 6.45) is 1.10. The minimum absolute atomic E-state index is 0.0603. The lowest BCUT2D eigenvalue weighted by molar-refractivity contribution is -0.120. The molecule has 0 spiro atoms. The number of nitrogens with two attached hydrogens (primary N) is 1. The van der Waals surface area contributed by atoms with Gasteiger partial charge in [-0.25, -0.2) is 22.0 Å². The molecule has 1 heterocycles. The molecule has 0 saturated carbocycles. The monoisotopic (exact) mass is 453 g/mol. The third-order valence-corrected chi connectivity index (χ3v) is 7.71. The van der Waals surface area contributed by atoms with Crippen LogP contribution in [0.3, 0.4) is 0 Å². The minimum Gasteiger partial charge on any atom is -0.497 e. The minimum atomic E-state index is -3.82. The lowest BCUT2D eigenvalue weighted by Gasteiger charge is -2.31. The van der Waals surface area contributed by atoms with Gasteiger partial charge in [-0.3, -0.25) is 4.79 Å². The molecule has 1 unspecified atom stereocenters. The number of amides is 1. The first-order valence-corrected chi connectivity index (χ1v) is 12.2. The van der Waals surface area contributed by atoms with E-state index in [1.54, 1.807) is 12.1 Å². The van der Waals surface area contributed by atoms with Crippen LogP contribution in [-0.2, 0) is 24.8 Å². The highest BCUT2D eigenvalue weighted by Gasteiger charge is 2.33. The second kappa shape index (κ2) is 8.72. The topological polar surface area (TPSA) is 136 Å². The van der Waals surface area contributed by atoms with Gasteiger partial charge in [-0.15, -0.1) is 0 Å². The molecule has 0 radical (unpaired) electrons. The summed E-state index contributed by atoms with van der Waals surface area (Å²) in [5, 5.41) is 7.77. The molecular weight excluding hydrogens is 430 g/mol. The van der Waals surface area contributed by atoms with Crippen LogP contribution in [0.25, 0.3) is 0 Å². The molecule has 2 aromatic carbocycles. The molecule has 3 rings (SSSR count). The summed E-state index contributed by atoms with van der Waals surface area (Å²) in [5.41, 5.74) is 0.405. The van der Waals surface area contributed by atoms with Crippen LogP contribution in [0, 0.1) is 5.92 Å². The smallest absolute Gasteiger partial charge is 0.243 e. The van der Waals surface area contributed by atoms with Crippen molar-refractivity contribution in [3.63, 3.8) is 0 Å². The average Bonchev–Trinajstić information content (AvgIpc) is 2.73. The Morgan fingerprint density at radius 2 is 1.63 bits per heavy atom. The van der Waals surface area contributed by atoms with Gasteiger partial charge in [-0.2, -0.15) is 4.31 Å². The van der Waals surface area contributed by atoms with Gasteiger partial charge < -0.3 is 10.1 Å². The highest BCUT2D eigenvalue weighted by molar-refractivity contribution is 7.89. The number of benzene rings is 2. The molecule has 9 nitrogen and oxygen atoms in total. The molecule has 0 bridgehead atoms. The van der Waals surface area contributed by atoms with Crippen molar-refractivity contribution < 1.29 is 26.4 Å². The molecule has 1 fully saturated rings. The lowest BCUT2D eigenvalue weighted by atomic mass is 9.99. The van der Waals surface area contributed by atoms with Crippen LogP contribution in [0.5, 0.6) is 5.75 Å². The van der Waals surface area contributed by atoms with E-state index < -0.39 is 26.0 Å². The number of nitrogens with one attached hydrogen (secondary N) is 1. The van der Waals surface area contributed by atoms with Gasteiger partial charge in [0, 0.05) is 18.8 Å². The lowest BCUT2D eigenvalue weighted by Crippen LogP contribution is -2.43. The number of rotatable bonds is 6. The molecule has 1 atom stereocenters. The number of sulfonamides is 2. The first kappa shape index (κ1) is 22.2. The molecule has 30 heavy (non-hydrogen) atoms. The Hall–Kier alpha value is -2.47. The first-order valence-electron chi connectivity index (χ1n) is 9.19. The number of piperidine rings is 1. The molecule has 11 heteroatoms. The van der Waals surface area contributed by atoms with Gasteiger partial charge in [0.05, 0.1) is 22.8 Å². The molecule has 162 valence electrons. The average molecular weight is 454 g/mol. The Labute approximate surface area is 175 Å². The largest absolute Gasteiger partial charge is 0.497 e. The summed E-state index contributed by atoms with van der Waals surface area (Å²) in [5.74, 6) is -0.295. The van der Waals surface area contributed by atoms with Crippen molar-refractivity contribution in [3.8, 4) is 5.75 Å². The molecule has 0 aliphatic carbocycles. The van der Waals surface area contributed by atoms with Gasteiger partial charge >= 0.3 is 0 Å². The number of nitrogens with zero attached hydrogens (tertiary/aromatic N) is 1. The summed E-state index contributed by atoms with van der Waals surface area (Å²) in [6, 6.07) is 11.6. The highest BCUT2D eigenvalue weighted by Crippen LogP contribution is 2.26. The van der Waals surface area contributed by atoms with Gasteiger partial charge in [0.2, 0.25) is 26.0 Å². The number of carbonyl (C=O) groups excluding carboxylic acids is 1. The molecule has 2 aromatic rings. The van der Waals surface area contributed by atoms with E-state index in [0.717, 1.165) is 0 Å². The van der Waals surface area contributed by atoms with E-state index in [1.807, 2.05) is 0 Å². The fourth-order valence-corrected chi connectivity index (χ4v) is 5.28. The third kappa shape index (κ3) is 4.98. The molecule has 1 saturated heterocycles. The highest BCUT2D eigenvalue weighted by atomic mass is 32.2. The Bertz CT molecular complexity index is 1110. The van der Waals surface area contributed by atoms with Crippen molar-refractivity contribution in [2.45, 2.75) is 22.6 Å². The number of primary sulfonamides is 1. The van der Waals surface area contributed by atoms with Crippen LogP contribution in [0.15, 0.2) is 58.3 Å². The van der Waals surface area contributed by atoms with Gasteiger partial charge in [0.15, 0.2) is 0 Å². The fraction of sp³-hybridized carbons (Fsp3) is 0.316. The number of anilines is 1. The van der Waals surface area contributed by atoms with E-state index in [1.165, 1.54) is 47.8 Å². The third-order valence-electron chi connectivity index (χ3n) is 4.90. The van der Waals surface area contributed by atoms with Crippen molar-refractivity contribution in [1.82, 2.24) is 4.31 Å². The van der Waals surface area contributed by atoms with Crippen LogP contribution in [0.2, 0.25) is 0 Å². The Morgan fingerprint density at radius 3 is 2.20 bits per heavy atom. The Balaban J connectivity index is 1.69. The zero-order valence-electron chi connectivity index (χ0n) is 16.3. The summed E-state index contributed by atoms with van der Waals surface area (Å²) in [7, 11) is -6.05. The van der Waals surface area contributed by atoms with E-state index in [2.05, 4.69) is 5.32 Å². The van der Waals surface area contributed by atoms with Crippen LogP contribution >= 0.6 is 0 Å². The quantitative estimate of drug-likeness (QED) is 0.678. The second-order valence-electron chi connectivity index (χ2n) is 6.94. The number of methoxy groups -OCH3 is 1. The SMILES string of the molecule is COc1ccc(S(=O)(=O)N2CCCC(C(=O)Nc3ccc(S(N)(=O)=O)cc3)C2)cc1. The number of ether oxygens (including phenoxy) is 1. The zero-order valence-corrected chi connectivity index (χ0v) is 17.9. The maximum atomic E-state index is 12.9. The number of hydrogen-bond acceptors (Lipinski definition) is 6. The van der Waals surface area contributed by atoms with E-state index >= 15 is 0 Å². The maximum absolute atomic E-state index is 12.9. The van der Waals surface area contributed by atoms with Crippen molar-refractivity contribution >= 4 is 31.6 Å². The van der Waals surface area contributed by atoms with Crippen LogP contribution < -0.4 is 15.2 Å². The van der Waals surface area contributed by atoms with Crippen LogP contribution in [0.4, 0.5) is 5.69 Å². The zero-order chi connectivity index (χ0) is 21.9. The molecule has 1 aliphatic heterocycles. The van der Waals surface area contributed by atoms with Crippen molar-refractivity contribution in [1.29, 1.82) is 0 Å². The predicted molar refractivity (Wildman–Crippen MR) is 111 cm³/mol. The van der Waals surface area contributed by atoms with Crippen molar-refractivity contribution in [3.05, 3.63) is 48.5 Å². The summed E-state index contributed by atoms with van der Waals surface area (Å²) in [4.78, 5) is 12.7. The van der Waals surface area contributed by atoms with E-state index in [9.17, 15) is 21.6 Å². The number of carbonyl (C=O) groups is 1. The van der Waals surface area contributed by atoms with Crippen molar-refractivity contribution in [2.75, 3.05) is 25.5 Å². The standard InChI is InChI=1S/C19H23N3O6S2/c1-28-16-6-10-18(11-7-16)30(26,27)22-12-2-3-14(13-22)19(23)21-15-4-8-17(9-5-15)29(20,24)25/h4-11,14H,2-3,12-13H2,1H3,(H,21,23)(H2,20,24,25). The Morgan fingerprint density at radius 1 is 1.03 bits per heavy atom. The molecule has 3 N–H and O–H groups in total. The van der Waals surface area contributed by atoms with Gasteiger partial charge in [0.1, 0.15) is 5.75 Å². The van der Waals surface area contributed by atoms with Crippen LogP contribution in [0.1, 0.15) is 12.8 Å². The van der Waals surface area contributed by atoms with E-state index in [0.29, 0.717) is 30.8 Å². The van der Waals surface area contributed by atoms with Gasteiger partial charge in [-0.05, 0) is 61.4 Å². The summed E-state index contributed by atoms with van der Waals surface area (Å²) in [6.45, 7) is 0.399. The normalized spacial score (nSPS) is 18.0. The van der Waals surface area contributed by atoms with Crippen LogP contribution in [-0.4, -0.2) is 47.2 Å². The molecule has 1 aliphatic rings. The fourth-order valence-electron chi connectivity index (χ4n) is 3.24. The Kier molecular flexibility index (Phi) is 6.46. The summed E-state index contributed by atoms with van der Waals surface area (Å²) >= 11 is 0. The number of hydrogen-bond donors (Lipinski definition) is 2. The molecule has 0 aromatic heterocycles. The van der Waals surface area contributed by atoms with E-state index in [-0.39, 0.29) is 22.2 Å². The molecule has 1 amide bonds. The van der Waals surface area contributed by atoms with Crippen molar-refractivity contribution in [2.24, 2.45) is 11.1 Å².